The molecule has 140 valence electrons. The van der Waals surface area contributed by atoms with Gasteiger partial charge in [-0.3, -0.25) is 14.5 Å². The Labute approximate surface area is 151 Å². The number of hydrogen-bond acceptors (Lipinski definition) is 5. The smallest absolute Gasteiger partial charge is 0.414 e. The molecule has 26 heavy (non-hydrogen) atoms. The molecule has 0 aromatic heterocycles. The molecule has 2 saturated heterocycles. The van der Waals surface area contributed by atoms with Crippen molar-refractivity contribution in [2.24, 2.45) is 0 Å². The van der Waals surface area contributed by atoms with E-state index in [4.69, 9.17) is 4.74 Å². The van der Waals surface area contributed by atoms with Gasteiger partial charge in [0.05, 0.1) is 24.5 Å². The lowest BCUT2D eigenvalue weighted by Gasteiger charge is -2.24. The number of cyclic esters (lactones) is 1. The highest BCUT2D eigenvalue weighted by Crippen LogP contribution is 2.29. The first kappa shape index (κ1) is 18.2. The molecular formula is C18H22FN3O4. The normalized spacial score (nSPS) is 20.8. The third-order valence-corrected chi connectivity index (χ3v) is 4.58. The Balaban J connectivity index is 1.70. The topological polar surface area (TPSA) is 79.0 Å². The summed E-state index contributed by atoms with van der Waals surface area (Å²) in [6.07, 6.45) is 0.637. The highest BCUT2D eigenvalue weighted by atomic mass is 19.1. The van der Waals surface area contributed by atoms with Crippen molar-refractivity contribution >= 4 is 29.2 Å². The maximum absolute atomic E-state index is 14.6. The van der Waals surface area contributed by atoms with Crippen LogP contribution in [-0.4, -0.2) is 50.1 Å². The van der Waals surface area contributed by atoms with Crippen LogP contribution < -0.4 is 15.1 Å². The van der Waals surface area contributed by atoms with E-state index in [0.717, 1.165) is 0 Å². The lowest BCUT2D eigenvalue weighted by Crippen LogP contribution is -2.33. The zero-order valence-electron chi connectivity index (χ0n) is 14.7. The molecule has 0 saturated carbocycles. The summed E-state index contributed by atoms with van der Waals surface area (Å²) in [5, 5.41) is 2.60. The molecule has 1 aromatic rings. The first-order chi connectivity index (χ1) is 12.4. The molecule has 8 heteroatoms. The van der Waals surface area contributed by atoms with Gasteiger partial charge in [-0.15, -0.1) is 0 Å². The molecule has 7 nitrogen and oxygen atoms in total. The van der Waals surface area contributed by atoms with Crippen molar-refractivity contribution in [3.63, 3.8) is 0 Å². The van der Waals surface area contributed by atoms with Crippen molar-refractivity contribution in [3.8, 4) is 0 Å². The first-order valence-corrected chi connectivity index (χ1v) is 8.73. The van der Waals surface area contributed by atoms with Crippen molar-refractivity contribution in [2.45, 2.75) is 32.3 Å². The first-order valence-electron chi connectivity index (χ1n) is 8.73. The number of rotatable bonds is 4. The van der Waals surface area contributed by atoms with Gasteiger partial charge in [0.15, 0.2) is 0 Å². The Kier molecular flexibility index (Phi) is 5.39. The van der Waals surface area contributed by atoms with Gasteiger partial charge >= 0.3 is 6.09 Å². The van der Waals surface area contributed by atoms with Crippen LogP contribution in [0.3, 0.4) is 0 Å². The molecule has 1 aromatic carbocycles. The Hall–Kier alpha value is -2.64. The molecular weight excluding hydrogens is 341 g/mol. The van der Waals surface area contributed by atoms with Crippen LogP contribution in [0.4, 0.5) is 20.6 Å². The molecule has 0 spiro atoms. The number of Topliss-reactive ketones (excluding diaryl/α,β-unsaturated/α-hetero) is 1. The molecule has 2 aliphatic heterocycles. The fraction of sp³-hybridized carbons (Fsp3) is 0.500. The van der Waals surface area contributed by atoms with Crippen LogP contribution in [0, 0.1) is 5.82 Å². The Morgan fingerprint density at radius 3 is 2.85 bits per heavy atom. The fourth-order valence-corrected chi connectivity index (χ4v) is 3.22. The summed E-state index contributed by atoms with van der Waals surface area (Å²) in [6.45, 7) is 2.99. The van der Waals surface area contributed by atoms with Gasteiger partial charge in [-0.1, -0.05) is 0 Å². The third-order valence-electron chi connectivity index (χ3n) is 4.58. The number of amides is 2. The molecule has 1 N–H and O–H groups in total. The standard InChI is InChI=1S/C18H22FN3O4/c1-12(23)20-10-15-11-22(18(25)26-15)13-4-5-17(16(19)9-13)21-7-2-3-14(24)6-8-21/h4-5,9,15H,2-3,6-8,10-11H2,1H3,(H,20,23). The summed E-state index contributed by atoms with van der Waals surface area (Å²) in [5.41, 5.74) is 0.846. The number of halogens is 1. The summed E-state index contributed by atoms with van der Waals surface area (Å²) < 4.78 is 19.8. The van der Waals surface area contributed by atoms with Gasteiger partial charge in [0.2, 0.25) is 5.91 Å². The molecule has 3 rings (SSSR count). The number of nitrogens with zero attached hydrogens (tertiary/aromatic N) is 2. The summed E-state index contributed by atoms with van der Waals surface area (Å²) in [6, 6.07) is 4.62. The highest BCUT2D eigenvalue weighted by molar-refractivity contribution is 5.90. The predicted molar refractivity (Wildman–Crippen MR) is 93.8 cm³/mol. The lowest BCUT2D eigenvalue weighted by atomic mass is 10.2. The van der Waals surface area contributed by atoms with E-state index in [1.165, 1.54) is 17.9 Å². The number of hydrogen-bond donors (Lipinski definition) is 1. The second-order valence-corrected chi connectivity index (χ2v) is 6.57. The fourth-order valence-electron chi connectivity index (χ4n) is 3.22. The quantitative estimate of drug-likeness (QED) is 0.883. The number of carbonyl (C=O) groups excluding carboxylic acids is 3. The van der Waals surface area contributed by atoms with Crippen molar-refractivity contribution in [1.29, 1.82) is 0 Å². The summed E-state index contributed by atoms with van der Waals surface area (Å²) in [4.78, 5) is 37.8. The Morgan fingerprint density at radius 2 is 2.12 bits per heavy atom. The van der Waals surface area contributed by atoms with Gasteiger partial charge in [0.25, 0.3) is 0 Å². The number of benzene rings is 1. The molecule has 0 aliphatic carbocycles. The number of anilines is 2. The Morgan fingerprint density at radius 1 is 1.31 bits per heavy atom. The molecule has 1 atom stereocenters. The van der Waals surface area contributed by atoms with E-state index in [1.807, 2.05) is 4.90 Å². The van der Waals surface area contributed by atoms with Crippen LogP contribution in [0.2, 0.25) is 0 Å². The zero-order valence-corrected chi connectivity index (χ0v) is 14.7. The summed E-state index contributed by atoms with van der Waals surface area (Å²) >= 11 is 0. The second-order valence-electron chi connectivity index (χ2n) is 6.57. The Bertz CT molecular complexity index is 724. The third kappa shape index (κ3) is 4.12. The lowest BCUT2D eigenvalue weighted by molar-refractivity contribution is -0.119. The predicted octanol–water partition coefficient (Wildman–Crippen LogP) is 1.85. The van der Waals surface area contributed by atoms with Gasteiger partial charge in [0, 0.05) is 32.9 Å². The largest absolute Gasteiger partial charge is 0.442 e. The van der Waals surface area contributed by atoms with Gasteiger partial charge < -0.3 is 15.0 Å². The van der Waals surface area contributed by atoms with E-state index in [2.05, 4.69) is 5.32 Å². The minimum atomic E-state index is -0.562. The average Bonchev–Trinajstić information content (AvgIpc) is 2.83. The van der Waals surface area contributed by atoms with Crippen LogP contribution in [-0.2, 0) is 14.3 Å². The maximum Gasteiger partial charge on any atom is 0.414 e. The number of nitrogens with one attached hydrogen (secondary N) is 1. The van der Waals surface area contributed by atoms with E-state index in [-0.39, 0.29) is 24.8 Å². The number of carbonyl (C=O) groups is 3. The molecule has 2 amide bonds. The molecule has 2 heterocycles. The molecule has 1 unspecified atom stereocenters. The van der Waals surface area contributed by atoms with Gasteiger partial charge in [0.1, 0.15) is 17.7 Å². The zero-order chi connectivity index (χ0) is 18.7. The van der Waals surface area contributed by atoms with E-state index < -0.39 is 18.0 Å². The molecule has 0 bridgehead atoms. The van der Waals surface area contributed by atoms with Crippen molar-refractivity contribution < 1.29 is 23.5 Å². The number of ketones is 1. The van der Waals surface area contributed by atoms with Crippen LogP contribution in [0.25, 0.3) is 0 Å². The van der Waals surface area contributed by atoms with Crippen molar-refractivity contribution in [1.82, 2.24) is 5.32 Å². The SMILES string of the molecule is CC(=O)NCC1CN(c2ccc(N3CCCC(=O)CC3)c(F)c2)C(=O)O1. The van der Waals surface area contributed by atoms with Crippen molar-refractivity contribution in [3.05, 3.63) is 24.0 Å². The average molecular weight is 363 g/mol. The van der Waals surface area contributed by atoms with Crippen LogP contribution in [0.1, 0.15) is 26.2 Å². The monoisotopic (exact) mass is 363 g/mol. The molecule has 0 radical (unpaired) electrons. The summed E-state index contributed by atoms with van der Waals surface area (Å²) in [5.74, 6) is -0.435. The minimum absolute atomic E-state index is 0.203. The second kappa shape index (κ2) is 7.72. The van der Waals surface area contributed by atoms with Crippen molar-refractivity contribution in [2.75, 3.05) is 36.0 Å². The number of ether oxygens (including phenoxy) is 1. The summed E-state index contributed by atoms with van der Waals surface area (Å²) in [7, 11) is 0. The van der Waals surface area contributed by atoms with Crippen LogP contribution in [0.15, 0.2) is 18.2 Å². The van der Waals surface area contributed by atoms with E-state index >= 15 is 0 Å². The maximum atomic E-state index is 14.6. The highest BCUT2D eigenvalue weighted by Gasteiger charge is 2.33. The molecule has 2 fully saturated rings. The van der Waals surface area contributed by atoms with Gasteiger partial charge in [-0.25, -0.2) is 9.18 Å². The van der Waals surface area contributed by atoms with Gasteiger partial charge in [-0.05, 0) is 24.6 Å². The van der Waals surface area contributed by atoms with Crippen LogP contribution >= 0.6 is 0 Å². The molecule has 2 aliphatic rings. The van der Waals surface area contributed by atoms with E-state index in [0.29, 0.717) is 43.7 Å². The van der Waals surface area contributed by atoms with Gasteiger partial charge in [-0.2, -0.15) is 0 Å². The van der Waals surface area contributed by atoms with E-state index in [9.17, 15) is 18.8 Å². The van der Waals surface area contributed by atoms with E-state index in [1.54, 1.807) is 12.1 Å². The van der Waals surface area contributed by atoms with Crippen LogP contribution in [0.5, 0.6) is 0 Å². The minimum Gasteiger partial charge on any atom is -0.442 e.